The zero-order chi connectivity index (χ0) is 19.3. The average Bonchev–Trinajstić information content (AvgIpc) is 3.23. The number of aryl methyl sites for hydroxylation is 2. The highest BCUT2D eigenvalue weighted by Crippen LogP contribution is 2.25. The first kappa shape index (κ1) is 19.2. The molecule has 1 N–H and O–H groups in total. The van der Waals surface area contributed by atoms with Crippen LogP contribution in [0.4, 0.5) is 5.82 Å². The zero-order valence-electron chi connectivity index (χ0n) is 16.8. The van der Waals surface area contributed by atoms with Crippen LogP contribution in [0.1, 0.15) is 59.5 Å². The number of fused-ring (bicyclic) bond motifs is 1. The maximum absolute atomic E-state index is 5.52. The fourth-order valence-electron chi connectivity index (χ4n) is 4.04. The van der Waals surface area contributed by atoms with E-state index in [4.69, 9.17) is 19.4 Å². The number of aromatic nitrogens is 4. The molecule has 0 amide bonds. The number of hydrogen-bond donors (Lipinski definition) is 1. The highest BCUT2D eigenvalue weighted by atomic mass is 16.5. The predicted molar refractivity (Wildman–Crippen MR) is 107 cm³/mol. The number of ether oxygens (including phenoxy) is 2. The Labute approximate surface area is 166 Å². The van der Waals surface area contributed by atoms with Crippen LogP contribution in [0.3, 0.4) is 0 Å². The van der Waals surface area contributed by atoms with Crippen molar-refractivity contribution < 1.29 is 9.47 Å². The molecule has 0 unspecified atom stereocenters. The summed E-state index contributed by atoms with van der Waals surface area (Å²) in [5.74, 6) is 2.79. The molecule has 0 saturated carbocycles. The Kier molecular flexibility index (Phi) is 6.12. The Morgan fingerprint density at radius 1 is 1.14 bits per heavy atom. The van der Waals surface area contributed by atoms with Gasteiger partial charge in [0.2, 0.25) is 0 Å². The Morgan fingerprint density at radius 3 is 2.86 bits per heavy atom. The highest BCUT2D eigenvalue weighted by molar-refractivity contribution is 5.37. The van der Waals surface area contributed by atoms with Gasteiger partial charge < -0.3 is 14.8 Å². The fraction of sp³-hybridized carbons (Fsp3) is 0.619. The summed E-state index contributed by atoms with van der Waals surface area (Å²) in [4.78, 5) is 18.8. The second-order valence-corrected chi connectivity index (χ2v) is 7.62. The second kappa shape index (κ2) is 8.92. The van der Waals surface area contributed by atoms with Crippen molar-refractivity contribution in [2.45, 2.75) is 58.0 Å². The fourth-order valence-corrected chi connectivity index (χ4v) is 4.04. The summed E-state index contributed by atoms with van der Waals surface area (Å²) in [6.45, 7) is 4.78. The van der Waals surface area contributed by atoms with E-state index in [9.17, 15) is 0 Å². The molecule has 2 aromatic rings. The molecule has 7 heteroatoms. The maximum Gasteiger partial charge on any atom is 0.156 e. The van der Waals surface area contributed by atoms with Gasteiger partial charge in [0, 0.05) is 50.1 Å². The normalized spacial score (nSPS) is 18.9. The molecule has 2 aliphatic rings. The van der Waals surface area contributed by atoms with Crippen LogP contribution in [0.25, 0.3) is 0 Å². The lowest BCUT2D eigenvalue weighted by atomic mass is 9.95. The number of nitrogens with one attached hydrogen (secondary N) is 1. The van der Waals surface area contributed by atoms with Gasteiger partial charge in [-0.05, 0) is 44.6 Å². The van der Waals surface area contributed by atoms with Crippen molar-refractivity contribution in [1.82, 2.24) is 19.9 Å². The van der Waals surface area contributed by atoms with E-state index >= 15 is 0 Å². The van der Waals surface area contributed by atoms with Gasteiger partial charge in [0.05, 0.1) is 12.3 Å². The molecule has 1 atom stereocenters. The van der Waals surface area contributed by atoms with Crippen LogP contribution in [0.15, 0.2) is 6.07 Å². The Hall–Kier alpha value is -2.12. The van der Waals surface area contributed by atoms with Crippen LogP contribution in [0.5, 0.6) is 0 Å². The highest BCUT2D eigenvalue weighted by Gasteiger charge is 2.21. The number of rotatable bonds is 7. The summed E-state index contributed by atoms with van der Waals surface area (Å²) < 4.78 is 10.8. The monoisotopic (exact) mass is 383 g/mol. The molecule has 1 fully saturated rings. The first-order chi connectivity index (χ1) is 13.7. The lowest BCUT2D eigenvalue weighted by molar-refractivity contribution is 0.177. The van der Waals surface area contributed by atoms with Crippen LogP contribution >= 0.6 is 0 Å². The Morgan fingerprint density at radius 2 is 2.04 bits per heavy atom. The van der Waals surface area contributed by atoms with Gasteiger partial charge in [-0.25, -0.2) is 19.9 Å². The maximum atomic E-state index is 5.52. The molecule has 4 rings (SSSR count). The van der Waals surface area contributed by atoms with Crippen molar-refractivity contribution in [2.75, 3.05) is 32.2 Å². The van der Waals surface area contributed by atoms with E-state index in [0.29, 0.717) is 18.3 Å². The number of anilines is 1. The molecular weight excluding hydrogens is 354 g/mol. The first-order valence-corrected chi connectivity index (χ1v) is 10.3. The standard InChI is InChI=1S/C21H29N5O2/c1-14-16-5-3-4-6-17(16)24-19(23-14)7-9-22-20-11-18(15-8-10-28-12-15)25-21(26-20)13-27-2/h11,15H,3-10,12-13H2,1-2H3,(H,22,25,26)/t15-/m0/s1. The van der Waals surface area contributed by atoms with Crippen LogP contribution in [0.2, 0.25) is 0 Å². The van der Waals surface area contributed by atoms with E-state index < -0.39 is 0 Å². The number of hydrogen-bond acceptors (Lipinski definition) is 7. The molecule has 28 heavy (non-hydrogen) atoms. The molecule has 0 aromatic carbocycles. The third-order valence-electron chi connectivity index (χ3n) is 5.50. The van der Waals surface area contributed by atoms with Gasteiger partial charge in [0.1, 0.15) is 18.2 Å². The molecule has 0 spiro atoms. The molecule has 3 heterocycles. The third-order valence-corrected chi connectivity index (χ3v) is 5.50. The van der Waals surface area contributed by atoms with Crippen LogP contribution in [0, 0.1) is 6.92 Å². The largest absolute Gasteiger partial charge is 0.381 e. The Bertz CT molecular complexity index is 821. The lowest BCUT2D eigenvalue weighted by Crippen LogP contribution is -2.15. The van der Waals surface area contributed by atoms with Gasteiger partial charge in [-0.1, -0.05) is 0 Å². The smallest absolute Gasteiger partial charge is 0.156 e. The molecular formula is C21H29N5O2. The second-order valence-electron chi connectivity index (χ2n) is 7.62. The number of nitrogens with zero attached hydrogens (tertiary/aromatic N) is 4. The van der Waals surface area contributed by atoms with Crippen LogP contribution in [-0.4, -0.2) is 46.8 Å². The summed E-state index contributed by atoms with van der Waals surface area (Å²) in [6.07, 6.45) is 6.47. The molecule has 0 radical (unpaired) electrons. The van der Waals surface area contributed by atoms with E-state index in [2.05, 4.69) is 22.2 Å². The van der Waals surface area contributed by atoms with E-state index in [-0.39, 0.29) is 0 Å². The molecule has 1 aliphatic carbocycles. The topological polar surface area (TPSA) is 82.0 Å². The van der Waals surface area contributed by atoms with Crippen molar-refractivity contribution in [3.8, 4) is 0 Å². The van der Waals surface area contributed by atoms with Crippen LogP contribution < -0.4 is 5.32 Å². The van der Waals surface area contributed by atoms with E-state index in [1.165, 1.54) is 24.1 Å². The summed E-state index contributed by atoms with van der Waals surface area (Å²) in [5, 5.41) is 3.43. The quantitative estimate of drug-likeness (QED) is 0.787. The summed E-state index contributed by atoms with van der Waals surface area (Å²) >= 11 is 0. The van der Waals surface area contributed by atoms with Gasteiger partial charge in [0.15, 0.2) is 5.82 Å². The molecule has 0 bridgehead atoms. The van der Waals surface area contributed by atoms with Crippen LogP contribution in [-0.2, 0) is 35.3 Å². The Balaban J connectivity index is 1.43. The lowest BCUT2D eigenvalue weighted by Gasteiger charge is -2.17. The minimum Gasteiger partial charge on any atom is -0.381 e. The van der Waals surface area contributed by atoms with Crippen molar-refractivity contribution >= 4 is 5.82 Å². The SMILES string of the molecule is COCc1nc(NCCc2nc(C)c3c(n2)CCCC3)cc([C@H]2CCOC2)n1. The van der Waals surface area contributed by atoms with Gasteiger partial charge in [-0.3, -0.25) is 0 Å². The molecule has 2 aromatic heterocycles. The number of methoxy groups -OCH3 is 1. The van der Waals surface area contributed by atoms with Crippen molar-refractivity contribution in [3.05, 3.63) is 40.4 Å². The van der Waals surface area contributed by atoms with E-state index in [1.807, 2.05) is 6.07 Å². The van der Waals surface area contributed by atoms with Crippen molar-refractivity contribution in [2.24, 2.45) is 0 Å². The average molecular weight is 383 g/mol. The third kappa shape index (κ3) is 4.47. The van der Waals surface area contributed by atoms with Gasteiger partial charge in [0.25, 0.3) is 0 Å². The van der Waals surface area contributed by atoms with Gasteiger partial charge in [-0.15, -0.1) is 0 Å². The molecule has 1 saturated heterocycles. The summed E-state index contributed by atoms with van der Waals surface area (Å²) in [5.41, 5.74) is 4.80. The predicted octanol–water partition coefficient (Wildman–Crippen LogP) is 2.76. The molecule has 150 valence electrons. The minimum absolute atomic E-state index is 0.339. The summed E-state index contributed by atoms with van der Waals surface area (Å²) in [6, 6.07) is 2.04. The minimum atomic E-state index is 0.339. The van der Waals surface area contributed by atoms with E-state index in [0.717, 1.165) is 68.5 Å². The zero-order valence-corrected chi connectivity index (χ0v) is 16.8. The molecule has 7 nitrogen and oxygen atoms in total. The van der Waals surface area contributed by atoms with Crippen molar-refractivity contribution in [3.63, 3.8) is 0 Å². The first-order valence-electron chi connectivity index (χ1n) is 10.3. The van der Waals surface area contributed by atoms with E-state index in [1.54, 1.807) is 7.11 Å². The van der Waals surface area contributed by atoms with Gasteiger partial charge in [-0.2, -0.15) is 0 Å². The van der Waals surface area contributed by atoms with Crippen molar-refractivity contribution in [1.29, 1.82) is 0 Å². The summed E-state index contributed by atoms with van der Waals surface area (Å²) in [7, 11) is 1.66. The molecule has 1 aliphatic heterocycles. The van der Waals surface area contributed by atoms with Gasteiger partial charge >= 0.3 is 0 Å².